The molecule has 208 valence electrons. The molecular weight excluding hydrogens is 500 g/mol. The second-order valence-corrected chi connectivity index (χ2v) is 11.1. The van der Waals surface area contributed by atoms with Crippen LogP contribution in [0.3, 0.4) is 0 Å². The number of nitrogens with zero attached hydrogens (tertiary/aromatic N) is 1. The van der Waals surface area contributed by atoms with Gasteiger partial charge >= 0.3 is 0 Å². The summed E-state index contributed by atoms with van der Waals surface area (Å²) >= 11 is 0. The minimum atomic E-state index is -0.156. The van der Waals surface area contributed by atoms with E-state index in [9.17, 15) is 9.59 Å². The first-order valence-electron chi connectivity index (χ1n) is 14.5. The fourth-order valence-corrected chi connectivity index (χ4v) is 6.75. The van der Waals surface area contributed by atoms with Gasteiger partial charge in [-0.3, -0.25) is 9.59 Å². The molecule has 1 aliphatic heterocycles. The van der Waals surface area contributed by atoms with E-state index in [1.54, 1.807) is 0 Å². The molecule has 2 aliphatic rings. The highest BCUT2D eigenvalue weighted by atomic mass is 16.5. The smallest absolute Gasteiger partial charge is 0.253 e. The Morgan fingerprint density at radius 2 is 1.90 bits per heavy atom. The molecule has 0 spiro atoms. The number of ether oxygens (including phenoxy) is 1. The van der Waals surface area contributed by atoms with E-state index >= 15 is 0 Å². The van der Waals surface area contributed by atoms with E-state index < -0.39 is 0 Å². The topological polar surface area (TPSA) is 90.2 Å². The van der Waals surface area contributed by atoms with Gasteiger partial charge in [-0.2, -0.15) is 0 Å². The molecule has 0 saturated carbocycles. The molecular formula is C33H38N4O3. The van der Waals surface area contributed by atoms with Gasteiger partial charge in [0.1, 0.15) is 0 Å². The van der Waals surface area contributed by atoms with Crippen LogP contribution in [0, 0.1) is 13.8 Å². The van der Waals surface area contributed by atoms with Gasteiger partial charge in [-0.1, -0.05) is 12.1 Å². The van der Waals surface area contributed by atoms with Crippen molar-refractivity contribution in [2.24, 2.45) is 0 Å². The van der Waals surface area contributed by atoms with Crippen LogP contribution < -0.4 is 15.8 Å². The molecule has 1 saturated heterocycles. The zero-order valence-electron chi connectivity index (χ0n) is 23.7. The number of pyridine rings is 1. The summed E-state index contributed by atoms with van der Waals surface area (Å²) in [5.41, 5.74) is 9.74. The Morgan fingerprint density at radius 1 is 1.10 bits per heavy atom. The van der Waals surface area contributed by atoms with Gasteiger partial charge in [-0.25, -0.2) is 0 Å². The van der Waals surface area contributed by atoms with Crippen molar-refractivity contribution in [3.05, 3.63) is 86.5 Å². The summed E-state index contributed by atoms with van der Waals surface area (Å²) in [6, 6.07) is 12.9. The quantitative estimate of drug-likeness (QED) is 0.287. The lowest BCUT2D eigenvalue weighted by Gasteiger charge is -2.37. The number of aromatic amines is 2. The number of benzene rings is 2. The molecule has 2 aromatic heterocycles. The number of amides is 1. The molecule has 1 aliphatic carbocycles. The molecule has 0 bridgehead atoms. The molecule has 2 aromatic carbocycles. The molecule has 0 unspecified atom stereocenters. The molecule has 0 atom stereocenters. The lowest BCUT2D eigenvalue weighted by atomic mass is 9.93. The van der Waals surface area contributed by atoms with E-state index in [4.69, 9.17) is 4.74 Å². The number of fused-ring (bicyclic) bond motifs is 2. The van der Waals surface area contributed by atoms with Crippen molar-refractivity contribution in [3.8, 4) is 11.1 Å². The Morgan fingerprint density at radius 3 is 2.70 bits per heavy atom. The minimum Gasteiger partial charge on any atom is -0.381 e. The molecule has 6 rings (SSSR count). The van der Waals surface area contributed by atoms with Gasteiger partial charge in [0.05, 0.1) is 0 Å². The number of aromatic nitrogens is 2. The number of carbonyl (C=O) groups is 1. The highest BCUT2D eigenvalue weighted by Gasteiger charge is 2.26. The molecule has 4 aromatic rings. The van der Waals surface area contributed by atoms with Gasteiger partial charge in [0.15, 0.2) is 0 Å². The Kier molecular flexibility index (Phi) is 7.24. The standard InChI is InChI=1S/C33H38N4O3/c1-4-37(23-12-15-40-16-13-23)31-18-22(25-8-6-10-30-27(25)11-14-34-30)17-28(20(31)2)32(38)35-19-29-26-9-5-7-24(26)21(3)36-33(29)39/h6,8,10-11,14,17-18,23,34H,4-5,7,9,12-13,15-16,19H2,1-3H3,(H,35,38)(H,36,39). The van der Waals surface area contributed by atoms with Crippen molar-refractivity contribution in [1.82, 2.24) is 15.3 Å². The van der Waals surface area contributed by atoms with E-state index in [1.165, 1.54) is 5.56 Å². The maximum absolute atomic E-state index is 13.9. The van der Waals surface area contributed by atoms with Crippen molar-refractivity contribution >= 4 is 22.5 Å². The molecule has 7 heteroatoms. The summed E-state index contributed by atoms with van der Waals surface area (Å²) in [7, 11) is 0. The fraction of sp³-hybridized carbons (Fsp3) is 0.394. The Bertz CT molecular complexity index is 1630. The number of hydrogen-bond donors (Lipinski definition) is 3. The highest BCUT2D eigenvalue weighted by molar-refractivity contribution is 6.01. The van der Waals surface area contributed by atoms with Crippen LogP contribution in [0.5, 0.6) is 0 Å². The summed E-state index contributed by atoms with van der Waals surface area (Å²) in [5.74, 6) is -0.156. The minimum absolute atomic E-state index is 0.0968. The van der Waals surface area contributed by atoms with Crippen LogP contribution in [0.4, 0.5) is 5.69 Å². The average Bonchev–Trinajstić information content (AvgIpc) is 3.65. The third kappa shape index (κ3) is 4.73. The summed E-state index contributed by atoms with van der Waals surface area (Å²) in [4.78, 5) is 35.5. The first-order valence-corrected chi connectivity index (χ1v) is 14.5. The van der Waals surface area contributed by atoms with Crippen molar-refractivity contribution in [2.45, 2.75) is 65.5 Å². The number of aryl methyl sites for hydroxylation is 1. The van der Waals surface area contributed by atoms with E-state index in [1.807, 2.05) is 32.2 Å². The predicted molar refractivity (Wildman–Crippen MR) is 160 cm³/mol. The lowest BCUT2D eigenvalue weighted by Crippen LogP contribution is -2.40. The van der Waals surface area contributed by atoms with Crippen LogP contribution >= 0.6 is 0 Å². The van der Waals surface area contributed by atoms with Gasteiger partial charge in [0, 0.05) is 72.0 Å². The SMILES string of the molecule is CCN(c1cc(-c2cccc3[nH]ccc23)cc(C(=O)NCc2c3c(c(C)[nH]c2=O)CCC3)c1C)C1CCOCC1. The molecule has 7 nitrogen and oxygen atoms in total. The second-order valence-electron chi connectivity index (χ2n) is 11.1. The number of nitrogens with one attached hydrogen (secondary N) is 3. The summed E-state index contributed by atoms with van der Waals surface area (Å²) < 4.78 is 5.66. The van der Waals surface area contributed by atoms with Gasteiger partial charge < -0.3 is 24.9 Å². The third-order valence-corrected chi connectivity index (χ3v) is 8.85. The van der Waals surface area contributed by atoms with Crippen molar-refractivity contribution < 1.29 is 9.53 Å². The van der Waals surface area contributed by atoms with Gasteiger partial charge in [-0.05, 0) is 105 Å². The number of hydrogen-bond acceptors (Lipinski definition) is 4. The Hall–Kier alpha value is -3.84. The van der Waals surface area contributed by atoms with Crippen LogP contribution in [0.25, 0.3) is 22.0 Å². The zero-order chi connectivity index (χ0) is 27.8. The molecule has 3 N–H and O–H groups in total. The van der Waals surface area contributed by atoms with Crippen LogP contribution in [-0.2, 0) is 24.1 Å². The van der Waals surface area contributed by atoms with E-state index in [0.717, 1.165) is 96.4 Å². The van der Waals surface area contributed by atoms with E-state index in [0.29, 0.717) is 17.2 Å². The number of rotatable bonds is 7. The maximum atomic E-state index is 13.9. The van der Waals surface area contributed by atoms with Crippen molar-refractivity contribution in [2.75, 3.05) is 24.7 Å². The number of carbonyl (C=O) groups excluding carboxylic acids is 1. The Balaban J connectivity index is 1.41. The molecule has 3 heterocycles. The summed E-state index contributed by atoms with van der Waals surface area (Å²) in [6.07, 6.45) is 6.80. The monoisotopic (exact) mass is 538 g/mol. The zero-order valence-corrected chi connectivity index (χ0v) is 23.7. The van der Waals surface area contributed by atoms with Crippen LogP contribution in [0.1, 0.15) is 64.5 Å². The van der Waals surface area contributed by atoms with Crippen LogP contribution in [0.2, 0.25) is 0 Å². The van der Waals surface area contributed by atoms with E-state index in [2.05, 4.69) is 51.4 Å². The van der Waals surface area contributed by atoms with Crippen LogP contribution in [-0.4, -0.2) is 41.7 Å². The average molecular weight is 539 g/mol. The molecule has 1 amide bonds. The van der Waals surface area contributed by atoms with Gasteiger partial charge in [0.2, 0.25) is 0 Å². The first kappa shape index (κ1) is 26.4. The third-order valence-electron chi connectivity index (χ3n) is 8.85. The van der Waals surface area contributed by atoms with E-state index in [-0.39, 0.29) is 18.0 Å². The largest absolute Gasteiger partial charge is 0.381 e. The van der Waals surface area contributed by atoms with Crippen molar-refractivity contribution in [3.63, 3.8) is 0 Å². The fourth-order valence-electron chi connectivity index (χ4n) is 6.75. The van der Waals surface area contributed by atoms with Crippen LogP contribution in [0.15, 0.2) is 47.4 Å². The summed E-state index contributed by atoms with van der Waals surface area (Å²) in [6.45, 7) is 8.77. The van der Waals surface area contributed by atoms with Gasteiger partial charge in [0.25, 0.3) is 11.5 Å². The predicted octanol–water partition coefficient (Wildman–Crippen LogP) is 5.56. The lowest BCUT2D eigenvalue weighted by molar-refractivity contribution is 0.0846. The number of anilines is 1. The normalized spacial score (nSPS) is 15.4. The highest BCUT2D eigenvalue weighted by Crippen LogP contribution is 2.36. The molecule has 40 heavy (non-hydrogen) atoms. The number of H-pyrrole nitrogens is 2. The van der Waals surface area contributed by atoms with Gasteiger partial charge in [-0.15, -0.1) is 0 Å². The molecule has 0 radical (unpaired) electrons. The second kappa shape index (κ2) is 11.0. The van der Waals surface area contributed by atoms with Crippen molar-refractivity contribution in [1.29, 1.82) is 0 Å². The Labute approximate surface area is 234 Å². The first-order chi connectivity index (χ1) is 19.5. The maximum Gasteiger partial charge on any atom is 0.253 e. The molecule has 1 fully saturated rings. The summed E-state index contributed by atoms with van der Waals surface area (Å²) in [5, 5.41) is 4.24.